The Bertz CT molecular complexity index is 139. The highest BCUT2D eigenvalue weighted by atomic mass is 35.5. The van der Waals surface area contributed by atoms with Gasteiger partial charge in [-0.3, -0.25) is 4.79 Å². The molecule has 0 amide bonds. The van der Waals surface area contributed by atoms with Crippen LogP contribution in [0.2, 0.25) is 0 Å². The largest absolute Gasteiger partial charge is 0.299 e. The van der Waals surface area contributed by atoms with E-state index in [0.717, 1.165) is 12.8 Å². The van der Waals surface area contributed by atoms with Crippen molar-refractivity contribution in [3.8, 4) is 6.07 Å². The van der Waals surface area contributed by atoms with Gasteiger partial charge in [0.05, 0.1) is 12.5 Å². The molecule has 0 heterocycles. The molecule has 56 valence electrons. The molecule has 10 heavy (non-hydrogen) atoms. The minimum atomic E-state index is 0.0209. The number of nitrogens with zero attached hydrogens (tertiary/aromatic N) is 1. The summed E-state index contributed by atoms with van der Waals surface area (Å²) in [6, 6.07) is 1.81. The summed E-state index contributed by atoms with van der Waals surface area (Å²) in [4.78, 5) is 10.7. The summed E-state index contributed by atoms with van der Waals surface area (Å²) in [5.41, 5.74) is 0. The normalized spacial score (nSPS) is 8.80. The van der Waals surface area contributed by atoms with Crippen LogP contribution < -0.4 is 0 Å². The van der Waals surface area contributed by atoms with Crippen molar-refractivity contribution in [2.24, 2.45) is 0 Å². The summed E-state index contributed by atoms with van der Waals surface area (Å²) < 4.78 is 0. The zero-order valence-electron chi connectivity index (χ0n) is 5.77. The molecule has 0 aromatic heterocycles. The lowest BCUT2D eigenvalue weighted by molar-refractivity contribution is -0.118. The van der Waals surface area contributed by atoms with Gasteiger partial charge in [-0.2, -0.15) is 5.26 Å². The maximum atomic E-state index is 10.7. The lowest BCUT2D eigenvalue weighted by atomic mass is 10.1. The molecule has 0 rings (SSSR count). The van der Waals surface area contributed by atoms with E-state index in [2.05, 4.69) is 0 Å². The zero-order chi connectivity index (χ0) is 7.82. The van der Waals surface area contributed by atoms with Gasteiger partial charge in [0.1, 0.15) is 5.78 Å². The Morgan fingerprint density at radius 2 is 2.20 bits per heavy atom. The Balaban J connectivity index is 3.15. The second kappa shape index (κ2) is 6.57. The standard InChI is InChI=1S/C7H10ClNO/c8-5-2-1-3-7(10)4-6-9/h1-5H2. The predicted octanol–water partition coefficient (Wildman–Crippen LogP) is 1.88. The zero-order valence-corrected chi connectivity index (χ0v) is 6.52. The van der Waals surface area contributed by atoms with Crippen molar-refractivity contribution < 1.29 is 4.79 Å². The minimum Gasteiger partial charge on any atom is -0.299 e. The SMILES string of the molecule is N#CCC(=O)CCCCCl. The fourth-order valence-corrected chi connectivity index (χ4v) is 0.782. The number of nitriles is 1. The molecule has 0 unspecified atom stereocenters. The topological polar surface area (TPSA) is 40.9 Å². The molecule has 0 saturated carbocycles. The number of carbonyl (C=O) groups is 1. The average molecular weight is 160 g/mol. The van der Waals surface area contributed by atoms with Crippen molar-refractivity contribution in [3.63, 3.8) is 0 Å². The van der Waals surface area contributed by atoms with Crippen LogP contribution in [0.3, 0.4) is 0 Å². The van der Waals surface area contributed by atoms with Crippen LogP contribution in [0.15, 0.2) is 0 Å². The molecule has 0 aliphatic heterocycles. The van der Waals surface area contributed by atoms with E-state index in [1.54, 1.807) is 0 Å². The van der Waals surface area contributed by atoms with E-state index in [0.29, 0.717) is 12.3 Å². The highest BCUT2D eigenvalue weighted by molar-refractivity contribution is 6.17. The number of rotatable bonds is 5. The molecule has 0 aliphatic carbocycles. The molecule has 0 aliphatic rings. The summed E-state index contributed by atoms with van der Waals surface area (Å²) >= 11 is 5.39. The van der Waals surface area contributed by atoms with Gasteiger partial charge in [0.25, 0.3) is 0 Å². The number of unbranched alkanes of at least 4 members (excludes halogenated alkanes) is 1. The van der Waals surface area contributed by atoms with E-state index in [1.165, 1.54) is 0 Å². The Morgan fingerprint density at radius 1 is 1.50 bits per heavy atom. The molecule has 0 N–H and O–H groups in total. The molecule has 0 fully saturated rings. The number of carbonyl (C=O) groups excluding carboxylic acids is 1. The number of Topliss-reactive ketones (excluding diaryl/α,β-unsaturated/α-hetero) is 1. The first kappa shape index (κ1) is 9.45. The molecule has 0 radical (unpaired) electrons. The second-order valence-corrected chi connectivity index (χ2v) is 2.40. The minimum absolute atomic E-state index is 0.0209. The first-order valence-corrected chi connectivity index (χ1v) is 3.79. The van der Waals surface area contributed by atoms with Gasteiger partial charge in [-0.05, 0) is 12.8 Å². The number of alkyl halides is 1. The van der Waals surface area contributed by atoms with Crippen molar-refractivity contribution in [2.75, 3.05) is 5.88 Å². The van der Waals surface area contributed by atoms with Crippen molar-refractivity contribution in [1.29, 1.82) is 5.26 Å². The quantitative estimate of drug-likeness (QED) is 0.454. The smallest absolute Gasteiger partial charge is 0.146 e. The van der Waals surface area contributed by atoms with E-state index in [-0.39, 0.29) is 12.2 Å². The molecular weight excluding hydrogens is 150 g/mol. The molecule has 0 saturated heterocycles. The van der Waals surface area contributed by atoms with E-state index < -0.39 is 0 Å². The van der Waals surface area contributed by atoms with Crippen molar-refractivity contribution >= 4 is 17.4 Å². The highest BCUT2D eigenvalue weighted by Crippen LogP contribution is 1.99. The lowest BCUT2D eigenvalue weighted by Crippen LogP contribution is -1.95. The van der Waals surface area contributed by atoms with Crippen LogP contribution in [0, 0.1) is 11.3 Å². The van der Waals surface area contributed by atoms with Crippen LogP contribution in [0.4, 0.5) is 0 Å². The third-order valence-corrected chi connectivity index (χ3v) is 1.38. The van der Waals surface area contributed by atoms with Gasteiger partial charge in [0.15, 0.2) is 0 Å². The van der Waals surface area contributed by atoms with Crippen LogP contribution in [0.1, 0.15) is 25.7 Å². The van der Waals surface area contributed by atoms with Crippen molar-refractivity contribution in [3.05, 3.63) is 0 Å². The third-order valence-electron chi connectivity index (χ3n) is 1.12. The number of hydrogen-bond acceptors (Lipinski definition) is 2. The molecule has 0 aromatic rings. The van der Waals surface area contributed by atoms with Crippen molar-refractivity contribution in [2.45, 2.75) is 25.7 Å². The van der Waals surface area contributed by atoms with Crippen LogP contribution >= 0.6 is 11.6 Å². The Morgan fingerprint density at radius 3 is 2.70 bits per heavy atom. The summed E-state index contributed by atoms with van der Waals surface area (Å²) in [6.07, 6.45) is 2.21. The van der Waals surface area contributed by atoms with E-state index in [1.807, 2.05) is 6.07 Å². The van der Waals surface area contributed by atoms with Gasteiger partial charge in [0.2, 0.25) is 0 Å². The number of halogens is 1. The summed E-state index contributed by atoms with van der Waals surface area (Å²) in [6.45, 7) is 0. The van der Waals surface area contributed by atoms with E-state index in [9.17, 15) is 4.79 Å². The maximum absolute atomic E-state index is 10.7. The summed E-state index contributed by atoms with van der Waals surface area (Å²) in [5.74, 6) is 0.618. The van der Waals surface area contributed by atoms with Gasteiger partial charge in [-0.1, -0.05) is 0 Å². The molecule has 0 aromatic carbocycles. The van der Waals surface area contributed by atoms with Crippen LogP contribution in [-0.2, 0) is 4.79 Å². The summed E-state index contributed by atoms with van der Waals surface area (Å²) in [7, 11) is 0. The van der Waals surface area contributed by atoms with Gasteiger partial charge < -0.3 is 0 Å². The molecule has 0 bridgehead atoms. The number of hydrogen-bond donors (Lipinski definition) is 0. The Hall–Kier alpha value is -0.550. The molecule has 3 heteroatoms. The molecule has 2 nitrogen and oxygen atoms in total. The van der Waals surface area contributed by atoms with Crippen molar-refractivity contribution in [1.82, 2.24) is 0 Å². The lowest BCUT2D eigenvalue weighted by Gasteiger charge is -1.92. The fourth-order valence-electron chi connectivity index (χ4n) is 0.593. The Kier molecular flexibility index (Phi) is 6.21. The fraction of sp³-hybridized carbons (Fsp3) is 0.714. The second-order valence-electron chi connectivity index (χ2n) is 2.02. The molecular formula is C7H10ClNO. The first-order valence-electron chi connectivity index (χ1n) is 3.26. The monoisotopic (exact) mass is 159 g/mol. The van der Waals surface area contributed by atoms with Gasteiger partial charge >= 0.3 is 0 Å². The van der Waals surface area contributed by atoms with Gasteiger partial charge in [0, 0.05) is 12.3 Å². The predicted molar refractivity (Wildman–Crippen MR) is 39.8 cm³/mol. The van der Waals surface area contributed by atoms with Crippen LogP contribution in [0.25, 0.3) is 0 Å². The average Bonchev–Trinajstić information content (AvgIpc) is 1.89. The molecule has 0 spiro atoms. The number of ketones is 1. The third kappa shape index (κ3) is 5.58. The van der Waals surface area contributed by atoms with Crippen LogP contribution in [-0.4, -0.2) is 11.7 Å². The van der Waals surface area contributed by atoms with E-state index >= 15 is 0 Å². The highest BCUT2D eigenvalue weighted by Gasteiger charge is 1.98. The summed E-state index contributed by atoms with van der Waals surface area (Å²) in [5, 5.41) is 8.10. The first-order chi connectivity index (χ1) is 4.81. The van der Waals surface area contributed by atoms with E-state index in [4.69, 9.17) is 16.9 Å². The van der Waals surface area contributed by atoms with Gasteiger partial charge in [-0.25, -0.2) is 0 Å². The Labute approximate surface area is 65.8 Å². The van der Waals surface area contributed by atoms with Crippen LogP contribution in [0.5, 0.6) is 0 Å². The maximum Gasteiger partial charge on any atom is 0.146 e. The molecule has 0 atom stereocenters. The van der Waals surface area contributed by atoms with Gasteiger partial charge in [-0.15, -0.1) is 11.6 Å².